The molecular formula is C13H23N3O2. The summed E-state index contributed by atoms with van der Waals surface area (Å²) in [4.78, 5) is 4.42. The number of ether oxygens (including phenoxy) is 2. The van der Waals surface area contributed by atoms with Crippen molar-refractivity contribution in [3.05, 3.63) is 18.2 Å². The summed E-state index contributed by atoms with van der Waals surface area (Å²) < 4.78 is 13.2. The van der Waals surface area contributed by atoms with Crippen LogP contribution in [-0.2, 0) is 22.4 Å². The zero-order valence-electron chi connectivity index (χ0n) is 11.3. The van der Waals surface area contributed by atoms with E-state index < -0.39 is 0 Å². The number of rotatable bonds is 7. The summed E-state index contributed by atoms with van der Waals surface area (Å²) in [6.07, 6.45) is 5.63. The molecule has 102 valence electrons. The van der Waals surface area contributed by atoms with Crippen molar-refractivity contribution >= 4 is 0 Å². The number of likely N-dealkylation sites (N-methyl/N-ethyl adjacent to an activating group) is 1. The summed E-state index contributed by atoms with van der Waals surface area (Å²) in [7, 11) is 0. The first-order chi connectivity index (χ1) is 8.83. The van der Waals surface area contributed by atoms with Crippen molar-refractivity contribution in [3.8, 4) is 0 Å². The lowest BCUT2D eigenvalue weighted by atomic mass is 10.1. The highest BCUT2D eigenvalue weighted by Gasteiger charge is 2.22. The van der Waals surface area contributed by atoms with Crippen molar-refractivity contribution in [2.75, 3.05) is 19.8 Å². The van der Waals surface area contributed by atoms with E-state index in [9.17, 15) is 0 Å². The van der Waals surface area contributed by atoms with Gasteiger partial charge in [0.1, 0.15) is 5.82 Å². The molecule has 1 unspecified atom stereocenters. The standard InChI is InChI=1S/C13H23N3O2/c1-3-14-11(10-13-17-7-8-18-13)9-12-15-5-6-16(12)4-2/h5-6,11,13-14H,3-4,7-10H2,1-2H3. The van der Waals surface area contributed by atoms with Gasteiger partial charge in [-0.05, 0) is 13.5 Å². The van der Waals surface area contributed by atoms with Gasteiger partial charge in [0.05, 0.1) is 13.2 Å². The molecule has 5 nitrogen and oxygen atoms in total. The summed E-state index contributed by atoms with van der Waals surface area (Å²) in [5.74, 6) is 1.13. The van der Waals surface area contributed by atoms with E-state index in [0.29, 0.717) is 19.3 Å². The van der Waals surface area contributed by atoms with Crippen LogP contribution < -0.4 is 5.32 Å². The Balaban J connectivity index is 1.92. The average Bonchev–Trinajstić information content (AvgIpc) is 3.00. The van der Waals surface area contributed by atoms with Gasteiger partial charge in [0.25, 0.3) is 0 Å². The van der Waals surface area contributed by atoms with E-state index in [0.717, 1.165) is 31.8 Å². The second-order valence-corrected chi connectivity index (χ2v) is 4.50. The van der Waals surface area contributed by atoms with Crippen molar-refractivity contribution in [2.24, 2.45) is 0 Å². The van der Waals surface area contributed by atoms with Gasteiger partial charge in [0.15, 0.2) is 6.29 Å². The minimum atomic E-state index is -0.0564. The van der Waals surface area contributed by atoms with Gasteiger partial charge >= 0.3 is 0 Å². The lowest BCUT2D eigenvalue weighted by Gasteiger charge is -2.20. The maximum atomic E-state index is 5.52. The molecule has 2 heterocycles. The molecule has 0 saturated carbocycles. The molecule has 0 bridgehead atoms. The number of nitrogens with zero attached hydrogens (tertiary/aromatic N) is 2. The van der Waals surface area contributed by atoms with Gasteiger partial charge in [-0.2, -0.15) is 0 Å². The lowest BCUT2D eigenvalue weighted by Crippen LogP contribution is -2.35. The number of nitrogens with one attached hydrogen (secondary N) is 1. The number of hydrogen-bond donors (Lipinski definition) is 1. The van der Waals surface area contributed by atoms with Crippen LogP contribution in [0.4, 0.5) is 0 Å². The zero-order chi connectivity index (χ0) is 12.8. The average molecular weight is 253 g/mol. The largest absolute Gasteiger partial charge is 0.350 e. The molecule has 0 amide bonds. The van der Waals surface area contributed by atoms with Gasteiger partial charge in [-0.1, -0.05) is 6.92 Å². The van der Waals surface area contributed by atoms with Crippen LogP contribution in [0, 0.1) is 0 Å². The van der Waals surface area contributed by atoms with E-state index in [1.165, 1.54) is 0 Å². The molecule has 1 aromatic heterocycles. The Kier molecular flexibility index (Phi) is 5.16. The Labute approximate surface area is 108 Å². The molecule has 1 N–H and O–H groups in total. The van der Waals surface area contributed by atoms with Crippen LogP contribution in [0.3, 0.4) is 0 Å². The topological polar surface area (TPSA) is 48.3 Å². The fourth-order valence-corrected chi connectivity index (χ4v) is 2.34. The van der Waals surface area contributed by atoms with Gasteiger partial charge in [0, 0.05) is 37.8 Å². The third-order valence-corrected chi connectivity index (χ3v) is 3.23. The fourth-order valence-electron chi connectivity index (χ4n) is 2.34. The number of aryl methyl sites for hydroxylation is 1. The predicted octanol–water partition coefficient (Wildman–Crippen LogP) is 1.19. The Morgan fingerprint density at radius 3 is 2.89 bits per heavy atom. The SMILES string of the molecule is CCNC(Cc1nccn1CC)CC1OCCO1. The highest BCUT2D eigenvalue weighted by molar-refractivity contribution is 4.95. The van der Waals surface area contributed by atoms with Crippen LogP contribution in [0.2, 0.25) is 0 Å². The summed E-state index contributed by atoms with van der Waals surface area (Å²) in [6.45, 7) is 7.60. The first-order valence-corrected chi connectivity index (χ1v) is 6.80. The third kappa shape index (κ3) is 3.54. The molecule has 1 saturated heterocycles. The van der Waals surface area contributed by atoms with Crippen LogP contribution in [0.15, 0.2) is 12.4 Å². The van der Waals surface area contributed by atoms with Crippen molar-refractivity contribution in [3.63, 3.8) is 0 Å². The maximum Gasteiger partial charge on any atom is 0.159 e. The molecule has 0 aromatic carbocycles. The van der Waals surface area contributed by atoms with Gasteiger partial charge in [0.2, 0.25) is 0 Å². The Morgan fingerprint density at radius 1 is 1.44 bits per heavy atom. The van der Waals surface area contributed by atoms with E-state index in [2.05, 4.69) is 28.7 Å². The highest BCUT2D eigenvalue weighted by atomic mass is 16.7. The monoisotopic (exact) mass is 253 g/mol. The molecule has 5 heteroatoms. The minimum Gasteiger partial charge on any atom is -0.350 e. The van der Waals surface area contributed by atoms with Crippen LogP contribution in [0.1, 0.15) is 26.1 Å². The minimum absolute atomic E-state index is 0.0564. The van der Waals surface area contributed by atoms with E-state index in [4.69, 9.17) is 9.47 Å². The van der Waals surface area contributed by atoms with Gasteiger partial charge < -0.3 is 19.4 Å². The summed E-state index contributed by atoms with van der Waals surface area (Å²) in [6, 6.07) is 0.353. The number of aromatic nitrogens is 2. The van der Waals surface area contributed by atoms with Gasteiger partial charge in [-0.15, -0.1) is 0 Å². The Hall–Kier alpha value is -0.910. The van der Waals surface area contributed by atoms with Crippen LogP contribution in [0.5, 0.6) is 0 Å². The normalized spacial score (nSPS) is 18.3. The molecule has 1 atom stereocenters. The highest BCUT2D eigenvalue weighted by Crippen LogP contribution is 2.13. The molecule has 18 heavy (non-hydrogen) atoms. The van der Waals surface area contributed by atoms with Crippen LogP contribution in [-0.4, -0.2) is 41.6 Å². The van der Waals surface area contributed by atoms with E-state index in [1.54, 1.807) is 0 Å². The van der Waals surface area contributed by atoms with Gasteiger partial charge in [-0.25, -0.2) is 4.98 Å². The van der Waals surface area contributed by atoms with Crippen molar-refractivity contribution in [1.82, 2.24) is 14.9 Å². The van der Waals surface area contributed by atoms with E-state index in [1.807, 2.05) is 12.4 Å². The molecule has 1 aliphatic rings. The smallest absolute Gasteiger partial charge is 0.159 e. The predicted molar refractivity (Wildman–Crippen MR) is 69.4 cm³/mol. The zero-order valence-corrected chi connectivity index (χ0v) is 11.3. The molecule has 0 spiro atoms. The second kappa shape index (κ2) is 6.87. The number of hydrogen-bond acceptors (Lipinski definition) is 4. The van der Waals surface area contributed by atoms with Gasteiger partial charge in [-0.3, -0.25) is 0 Å². The maximum absolute atomic E-state index is 5.52. The first-order valence-electron chi connectivity index (χ1n) is 6.80. The second-order valence-electron chi connectivity index (χ2n) is 4.50. The molecule has 0 aliphatic carbocycles. The van der Waals surface area contributed by atoms with E-state index >= 15 is 0 Å². The molecule has 1 aliphatic heterocycles. The summed E-state index contributed by atoms with van der Waals surface area (Å²) in [5.41, 5.74) is 0. The molecule has 2 rings (SSSR count). The molecular weight excluding hydrogens is 230 g/mol. The van der Waals surface area contributed by atoms with Crippen LogP contribution in [0.25, 0.3) is 0 Å². The van der Waals surface area contributed by atoms with E-state index in [-0.39, 0.29) is 6.29 Å². The Morgan fingerprint density at radius 2 is 2.22 bits per heavy atom. The van der Waals surface area contributed by atoms with Crippen molar-refractivity contribution in [1.29, 1.82) is 0 Å². The lowest BCUT2D eigenvalue weighted by molar-refractivity contribution is -0.0526. The molecule has 1 fully saturated rings. The first kappa shape index (κ1) is 13.5. The Bertz CT molecular complexity index is 348. The molecule has 1 aromatic rings. The fraction of sp³-hybridized carbons (Fsp3) is 0.769. The van der Waals surface area contributed by atoms with Crippen molar-refractivity contribution in [2.45, 2.75) is 45.6 Å². The molecule has 0 radical (unpaired) electrons. The van der Waals surface area contributed by atoms with Crippen LogP contribution >= 0.6 is 0 Å². The summed E-state index contributed by atoms with van der Waals surface area (Å²) >= 11 is 0. The summed E-state index contributed by atoms with van der Waals surface area (Å²) in [5, 5.41) is 3.49. The number of imidazole rings is 1. The van der Waals surface area contributed by atoms with Crippen molar-refractivity contribution < 1.29 is 9.47 Å². The third-order valence-electron chi connectivity index (χ3n) is 3.23. The quantitative estimate of drug-likeness (QED) is 0.793.